The van der Waals surface area contributed by atoms with Gasteiger partial charge in [-0.2, -0.15) is 0 Å². The minimum Gasteiger partial charge on any atom is -0.0622 e. The molecular weight excluding hydrogens is 553 g/mol. The highest BCUT2D eigenvalue weighted by Gasteiger charge is 2.39. The van der Waals surface area contributed by atoms with Gasteiger partial charge in [0.15, 0.2) is 0 Å². The molecule has 0 heterocycles. The molecule has 0 N–H and O–H groups in total. The van der Waals surface area contributed by atoms with E-state index < -0.39 is 0 Å². The smallest absolute Gasteiger partial charge is 0.000116 e. The summed E-state index contributed by atoms with van der Waals surface area (Å²) in [7, 11) is 0. The van der Waals surface area contributed by atoms with Crippen LogP contribution in [-0.2, 0) is 0 Å². The topological polar surface area (TPSA) is 0 Å². The van der Waals surface area contributed by atoms with Crippen molar-refractivity contribution < 1.29 is 0 Å². The van der Waals surface area contributed by atoms with Crippen LogP contribution in [0.3, 0.4) is 0 Å². The fourth-order valence-electron chi connectivity index (χ4n) is 8.67. The molecule has 0 nitrogen and oxygen atoms in total. The summed E-state index contributed by atoms with van der Waals surface area (Å²) in [4.78, 5) is 0. The van der Waals surface area contributed by atoms with Gasteiger partial charge in [0.1, 0.15) is 0 Å². The summed E-state index contributed by atoms with van der Waals surface area (Å²) < 4.78 is 0. The molecule has 8 aromatic rings. The Morgan fingerprint density at radius 3 is 1.54 bits per heavy atom. The number of benzene rings is 8. The van der Waals surface area contributed by atoms with E-state index in [0.717, 1.165) is 0 Å². The molecule has 0 spiro atoms. The molecule has 0 atom stereocenters. The molecule has 0 heteroatoms. The van der Waals surface area contributed by atoms with Crippen molar-refractivity contribution in [1.82, 2.24) is 0 Å². The van der Waals surface area contributed by atoms with E-state index in [-0.39, 0.29) is 0 Å². The zero-order chi connectivity index (χ0) is 29.9. The minimum atomic E-state index is 1.27. The summed E-state index contributed by atoms with van der Waals surface area (Å²) >= 11 is 0. The zero-order valence-electron chi connectivity index (χ0n) is 25.0. The van der Waals surface area contributed by atoms with Crippen LogP contribution in [0.2, 0.25) is 0 Å². The molecule has 0 unspecified atom stereocenters. The van der Waals surface area contributed by atoms with E-state index in [4.69, 9.17) is 0 Å². The Balaban J connectivity index is 1.30. The maximum Gasteiger partial charge on any atom is -0.000116 e. The van der Waals surface area contributed by atoms with Gasteiger partial charge < -0.3 is 0 Å². The molecule has 3 aliphatic carbocycles. The lowest BCUT2D eigenvalue weighted by Crippen LogP contribution is -1.95. The number of rotatable bonds is 2. The lowest BCUT2D eigenvalue weighted by Gasteiger charge is -2.16. The first-order valence-electron chi connectivity index (χ1n) is 16.1. The Bertz CT molecular complexity index is 2710. The average molecular weight is 579 g/mol. The molecule has 8 aromatic carbocycles. The molecule has 0 aromatic heterocycles. The van der Waals surface area contributed by atoms with Crippen LogP contribution in [0.1, 0.15) is 33.4 Å². The van der Waals surface area contributed by atoms with Crippen LogP contribution in [0.25, 0.3) is 76.9 Å². The number of hydrogen-bond donors (Lipinski definition) is 0. The highest BCUT2D eigenvalue weighted by atomic mass is 14.4. The first-order valence-corrected chi connectivity index (χ1v) is 16.1. The molecule has 0 bridgehead atoms. The summed E-state index contributed by atoms with van der Waals surface area (Å²) in [6.07, 6.45) is 0. The molecule has 0 radical (unpaired) electrons. The molecular formula is C46H26. The third kappa shape index (κ3) is 3.04. The van der Waals surface area contributed by atoms with Crippen molar-refractivity contribution in [2.75, 3.05) is 0 Å². The van der Waals surface area contributed by atoms with Crippen molar-refractivity contribution in [1.29, 1.82) is 0 Å². The van der Waals surface area contributed by atoms with Gasteiger partial charge in [0.05, 0.1) is 0 Å². The van der Waals surface area contributed by atoms with Gasteiger partial charge in [-0.15, -0.1) is 0 Å². The lowest BCUT2D eigenvalue weighted by atomic mass is 9.87. The van der Waals surface area contributed by atoms with Crippen LogP contribution >= 0.6 is 0 Å². The van der Waals surface area contributed by atoms with Crippen molar-refractivity contribution in [3.8, 4) is 22.3 Å². The normalized spacial score (nSPS) is 13.9. The first kappa shape index (κ1) is 24.4. The second-order valence-corrected chi connectivity index (χ2v) is 12.8. The van der Waals surface area contributed by atoms with Crippen molar-refractivity contribution in [2.24, 2.45) is 0 Å². The van der Waals surface area contributed by atoms with Crippen molar-refractivity contribution >= 4 is 54.6 Å². The van der Waals surface area contributed by atoms with E-state index in [1.165, 1.54) is 110 Å². The standard InChI is InChI=1S/C46H26/c1-2-12-30(13-3-1)42-43-32-16-6-4-10-27(32)21-25-38(43)45-41(37-24-20-28-11-5-7-17-33(28)44(37)46(42)45)31-22-23-34-35-18-8-14-29-15-9-19-36(40(29)35)39(34)26-31/h1-26H. The third-order valence-electron chi connectivity index (χ3n) is 10.5. The van der Waals surface area contributed by atoms with Crippen LogP contribution in [-0.4, -0.2) is 0 Å². The van der Waals surface area contributed by atoms with Gasteiger partial charge in [-0.1, -0.05) is 152 Å². The van der Waals surface area contributed by atoms with E-state index in [9.17, 15) is 0 Å². The van der Waals surface area contributed by atoms with Crippen molar-refractivity contribution in [3.05, 3.63) is 191 Å². The Hall–Kier alpha value is -5.98. The number of fused-ring (bicyclic) bond motifs is 12. The summed E-state index contributed by atoms with van der Waals surface area (Å²) in [6.45, 7) is 0. The molecule has 46 heavy (non-hydrogen) atoms. The van der Waals surface area contributed by atoms with E-state index in [1.54, 1.807) is 0 Å². The molecule has 0 fully saturated rings. The minimum absolute atomic E-state index is 1.27. The van der Waals surface area contributed by atoms with Gasteiger partial charge in [0.25, 0.3) is 0 Å². The summed E-state index contributed by atoms with van der Waals surface area (Å²) in [5.41, 5.74) is 18.6. The molecule has 0 saturated heterocycles. The molecule has 0 amide bonds. The van der Waals surface area contributed by atoms with Crippen LogP contribution in [0, 0.1) is 0 Å². The number of allylic oxidation sites excluding steroid dienone is 2. The van der Waals surface area contributed by atoms with Crippen molar-refractivity contribution in [2.45, 2.75) is 0 Å². The van der Waals surface area contributed by atoms with Crippen LogP contribution in [0.4, 0.5) is 0 Å². The van der Waals surface area contributed by atoms with Gasteiger partial charge >= 0.3 is 0 Å². The third-order valence-corrected chi connectivity index (χ3v) is 10.5. The van der Waals surface area contributed by atoms with Gasteiger partial charge in [-0.25, -0.2) is 0 Å². The van der Waals surface area contributed by atoms with Gasteiger partial charge in [0, 0.05) is 0 Å². The van der Waals surface area contributed by atoms with Crippen LogP contribution in [0.5, 0.6) is 0 Å². The second kappa shape index (κ2) is 8.81. The SMILES string of the molecule is c1ccc(C2=C3C(=C(c4ccc5c(c4)-c4cccc6cccc-5c46)c4ccc5ccccc5c43)c3ccc4ccccc4c32)cc1. The second-order valence-electron chi connectivity index (χ2n) is 12.8. The first-order chi connectivity index (χ1) is 22.8. The van der Waals surface area contributed by atoms with Gasteiger partial charge in [-0.05, 0) is 116 Å². The Morgan fingerprint density at radius 1 is 0.261 bits per heavy atom. The lowest BCUT2D eigenvalue weighted by molar-refractivity contribution is 1.55. The molecule has 210 valence electrons. The highest BCUT2D eigenvalue weighted by molar-refractivity contribution is 6.39. The summed E-state index contributed by atoms with van der Waals surface area (Å²) in [6, 6.07) is 58.8. The van der Waals surface area contributed by atoms with Gasteiger partial charge in [0.2, 0.25) is 0 Å². The molecule has 3 aliphatic rings. The largest absolute Gasteiger partial charge is 0.0622 e. The molecule has 0 saturated carbocycles. The quantitative estimate of drug-likeness (QED) is 0.191. The summed E-state index contributed by atoms with van der Waals surface area (Å²) in [5, 5.41) is 7.86. The van der Waals surface area contributed by atoms with E-state index in [2.05, 4.69) is 158 Å². The van der Waals surface area contributed by atoms with Crippen LogP contribution in [0.15, 0.2) is 158 Å². The Morgan fingerprint density at radius 2 is 0.826 bits per heavy atom. The maximum absolute atomic E-state index is 2.47. The van der Waals surface area contributed by atoms with Crippen molar-refractivity contribution in [3.63, 3.8) is 0 Å². The predicted molar refractivity (Wildman–Crippen MR) is 195 cm³/mol. The van der Waals surface area contributed by atoms with E-state index in [0.29, 0.717) is 0 Å². The fourth-order valence-corrected chi connectivity index (χ4v) is 8.67. The summed E-state index contributed by atoms with van der Waals surface area (Å²) in [5.74, 6) is 0. The molecule has 11 rings (SSSR count). The zero-order valence-corrected chi connectivity index (χ0v) is 25.0. The van der Waals surface area contributed by atoms with E-state index >= 15 is 0 Å². The Kier molecular flexibility index (Phi) is 4.66. The van der Waals surface area contributed by atoms with Gasteiger partial charge in [-0.3, -0.25) is 0 Å². The van der Waals surface area contributed by atoms with Crippen LogP contribution < -0.4 is 0 Å². The molecule has 0 aliphatic heterocycles. The monoisotopic (exact) mass is 578 g/mol. The maximum atomic E-state index is 2.47. The fraction of sp³-hybridized carbons (Fsp3) is 0. The van der Waals surface area contributed by atoms with E-state index in [1.807, 2.05) is 0 Å². The predicted octanol–water partition coefficient (Wildman–Crippen LogP) is 12.0. The average Bonchev–Trinajstić information content (AvgIpc) is 3.75. The highest BCUT2D eigenvalue weighted by Crippen LogP contribution is 2.61. The Labute approximate surface area is 267 Å². The number of hydrogen-bond acceptors (Lipinski definition) is 0.